The van der Waals surface area contributed by atoms with Crippen LogP contribution in [0.15, 0.2) is 23.1 Å². The number of fused-ring (bicyclic) bond motifs is 1. The van der Waals surface area contributed by atoms with Gasteiger partial charge in [-0.25, -0.2) is 8.42 Å². The molecule has 3 atom stereocenters. The Morgan fingerprint density at radius 3 is 2.61 bits per heavy atom. The van der Waals surface area contributed by atoms with Crippen LogP contribution >= 0.6 is 0 Å². The lowest BCUT2D eigenvalue weighted by Crippen LogP contribution is -2.50. The minimum atomic E-state index is -3.95. The van der Waals surface area contributed by atoms with Crippen molar-refractivity contribution in [3.05, 3.63) is 23.8 Å². The van der Waals surface area contributed by atoms with Crippen molar-refractivity contribution < 1.29 is 28.2 Å². The van der Waals surface area contributed by atoms with E-state index in [1.54, 1.807) is 44.9 Å². The lowest BCUT2D eigenvalue weighted by molar-refractivity contribution is -0.132. The quantitative estimate of drug-likeness (QED) is 0.621. The maximum Gasteiger partial charge on any atom is 0.247 e. The van der Waals surface area contributed by atoms with Crippen LogP contribution < -0.4 is 4.74 Å². The van der Waals surface area contributed by atoms with Crippen LogP contribution in [0, 0.1) is 23.7 Å². The Labute approximate surface area is 196 Å². The van der Waals surface area contributed by atoms with Gasteiger partial charge < -0.3 is 19.8 Å². The molecule has 1 amide bonds. The molecule has 0 bridgehead atoms. The first-order valence-corrected chi connectivity index (χ1v) is 12.7. The van der Waals surface area contributed by atoms with Crippen molar-refractivity contribution in [3.63, 3.8) is 0 Å². The van der Waals surface area contributed by atoms with E-state index in [1.807, 2.05) is 6.92 Å². The predicted molar refractivity (Wildman–Crippen MR) is 124 cm³/mol. The van der Waals surface area contributed by atoms with E-state index in [0.717, 1.165) is 12.8 Å². The first-order valence-electron chi connectivity index (χ1n) is 11.3. The summed E-state index contributed by atoms with van der Waals surface area (Å²) >= 11 is 0. The average molecular weight is 479 g/mol. The molecule has 1 fully saturated rings. The third-order valence-corrected chi connectivity index (χ3v) is 7.96. The Balaban J connectivity index is 2.04. The van der Waals surface area contributed by atoms with Gasteiger partial charge in [0.25, 0.3) is 0 Å². The van der Waals surface area contributed by atoms with Crippen LogP contribution in [0.2, 0.25) is 0 Å². The fourth-order valence-corrected chi connectivity index (χ4v) is 5.57. The SMILES string of the molecule is C[C@H]1CN([C@@H](C)CO)S(=O)(=O)c2ccc(C#CC(C)(C)O)cc2O[C@@H]1CN(C)C(=O)C1CC1. The number of ether oxygens (including phenoxy) is 1. The number of hydrogen-bond donors (Lipinski definition) is 2. The van der Waals surface area contributed by atoms with Gasteiger partial charge in [-0.1, -0.05) is 18.8 Å². The number of aliphatic hydroxyl groups excluding tert-OH is 1. The summed E-state index contributed by atoms with van der Waals surface area (Å²) in [6.07, 6.45) is 1.34. The molecular weight excluding hydrogens is 444 g/mol. The number of aliphatic hydroxyl groups is 2. The molecule has 33 heavy (non-hydrogen) atoms. The van der Waals surface area contributed by atoms with E-state index in [4.69, 9.17) is 4.74 Å². The van der Waals surface area contributed by atoms with E-state index in [1.165, 1.54) is 10.4 Å². The zero-order valence-corrected chi connectivity index (χ0v) is 20.7. The fraction of sp³-hybridized carbons (Fsp3) is 0.625. The largest absolute Gasteiger partial charge is 0.487 e. The lowest BCUT2D eigenvalue weighted by atomic mass is 10.0. The van der Waals surface area contributed by atoms with Crippen molar-refractivity contribution in [2.45, 2.75) is 63.2 Å². The summed E-state index contributed by atoms with van der Waals surface area (Å²) in [4.78, 5) is 14.2. The van der Waals surface area contributed by atoms with Gasteiger partial charge in [-0.05, 0) is 51.8 Å². The Hall–Kier alpha value is -2.12. The molecule has 9 heteroatoms. The molecule has 0 unspecified atom stereocenters. The van der Waals surface area contributed by atoms with Gasteiger partial charge in [0.1, 0.15) is 22.4 Å². The summed E-state index contributed by atoms with van der Waals surface area (Å²) in [6, 6.07) is 3.96. The second-order valence-electron chi connectivity index (χ2n) is 9.70. The Morgan fingerprint density at radius 2 is 2.03 bits per heavy atom. The van der Waals surface area contributed by atoms with Crippen LogP contribution in [0.3, 0.4) is 0 Å². The lowest BCUT2D eigenvalue weighted by Gasteiger charge is -2.37. The summed E-state index contributed by atoms with van der Waals surface area (Å²) in [5.74, 6) is 5.63. The van der Waals surface area contributed by atoms with Gasteiger partial charge in [-0.2, -0.15) is 4.31 Å². The molecule has 0 spiro atoms. The van der Waals surface area contributed by atoms with Gasteiger partial charge in [0, 0.05) is 37.0 Å². The molecule has 0 aromatic heterocycles. The van der Waals surface area contributed by atoms with Crippen molar-refractivity contribution in [1.29, 1.82) is 0 Å². The number of carbonyl (C=O) groups is 1. The number of likely N-dealkylation sites (N-methyl/N-ethyl adjacent to an activating group) is 1. The van der Waals surface area contributed by atoms with E-state index < -0.39 is 27.8 Å². The highest BCUT2D eigenvalue weighted by molar-refractivity contribution is 7.89. The highest BCUT2D eigenvalue weighted by Gasteiger charge is 2.39. The van der Waals surface area contributed by atoms with E-state index in [2.05, 4.69) is 11.8 Å². The summed E-state index contributed by atoms with van der Waals surface area (Å²) in [5, 5.41) is 19.6. The molecule has 1 aromatic rings. The summed E-state index contributed by atoms with van der Waals surface area (Å²) < 4.78 is 34.5. The van der Waals surface area contributed by atoms with Crippen LogP contribution in [0.25, 0.3) is 0 Å². The van der Waals surface area contributed by atoms with Gasteiger partial charge in [-0.3, -0.25) is 4.79 Å². The second-order valence-corrected chi connectivity index (χ2v) is 11.6. The summed E-state index contributed by atoms with van der Waals surface area (Å²) in [7, 11) is -2.21. The molecule has 1 saturated carbocycles. The van der Waals surface area contributed by atoms with E-state index in [0.29, 0.717) is 12.1 Å². The van der Waals surface area contributed by atoms with Crippen molar-refractivity contribution in [2.24, 2.45) is 11.8 Å². The molecule has 182 valence electrons. The molecule has 1 aromatic carbocycles. The molecule has 0 saturated heterocycles. The topological polar surface area (TPSA) is 107 Å². The maximum atomic E-state index is 13.5. The molecule has 8 nitrogen and oxygen atoms in total. The summed E-state index contributed by atoms with van der Waals surface area (Å²) in [5.41, 5.74) is -0.699. The summed E-state index contributed by atoms with van der Waals surface area (Å²) in [6.45, 7) is 6.82. The first-order chi connectivity index (χ1) is 15.3. The van der Waals surface area contributed by atoms with Gasteiger partial charge in [0.15, 0.2) is 0 Å². The molecular formula is C24H34N2O6S. The molecule has 1 aliphatic carbocycles. The molecule has 3 rings (SSSR count). The Bertz CT molecular complexity index is 1050. The molecule has 0 radical (unpaired) electrons. The Morgan fingerprint density at radius 1 is 1.36 bits per heavy atom. The number of carbonyl (C=O) groups excluding carboxylic acids is 1. The number of sulfonamides is 1. The van der Waals surface area contributed by atoms with Gasteiger partial charge in [0.2, 0.25) is 15.9 Å². The van der Waals surface area contributed by atoms with E-state index >= 15 is 0 Å². The number of rotatable bonds is 5. The van der Waals surface area contributed by atoms with E-state index in [-0.39, 0.29) is 41.5 Å². The third-order valence-electron chi connectivity index (χ3n) is 5.94. The Kier molecular flexibility index (Phi) is 7.44. The zero-order chi connectivity index (χ0) is 24.6. The number of hydrogen-bond acceptors (Lipinski definition) is 6. The average Bonchev–Trinajstić information content (AvgIpc) is 3.58. The van der Waals surface area contributed by atoms with Crippen LogP contribution in [-0.4, -0.2) is 78.2 Å². The van der Waals surface area contributed by atoms with Crippen molar-refractivity contribution in [1.82, 2.24) is 9.21 Å². The fourth-order valence-electron chi connectivity index (χ4n) is 3.75. The zero-order valence-electron chi connectivity index (χ0n) is 19.9. The first kappa shape index (κ1) is 25.5. The minimum Gasteiger partial charge on any atom is -0.487 e. The predicted octanol–water partition coefficient (Wildman–Crippen LogP) is 1.45. The molecule has 2 aliphatic rings. The van der Waals surface area contributed by atoms with Gasteiger partial charge in [-0.15, -0.1) is 0 Å². The van der Waals surface area contributed by atoms with Crippen LogP contribution in [-0.2, 0) is 14.8 Å². The maximum absolute atomic E-state index is 13.5. The molecule has 2 N–H and O–H groups in total. The normalized spacial score (nSPS) is 23.7. The minimum absolute atomic E-state index is 0.00955. The van der Waals surface area contributed by atoms with Crippen molar-refractivity contribution in [2.75, 3.05) is 26.7 Å². The molecule has 1 heterocycles. The van der Waals surface area contributed by atoms with Crippen LogP contribution in [0.4, 0.5) is 0 Å². The van der Waals surface area contributed by atoms with Crippen LogP contribution in [0.5, 0.6) is 5.75 Å². The number of amides is 1. The van der Waals surface area contributed by atoms with E-state index in [9.17, 15) is 23.4 Å². The van der Waals surface area contributed by atoms with Crippen LogP contribution in [0.1, 0.15) is 46.1 Å². The monoisotopic (exact) mass is 478 g/mol. The molecule has 1 aliphatic heterocycles. The highest BCUT2D eigenvalue weighted by Crippen LogP contribution is 2.35. The smallest absolute Gasteiger partial charge is 0.247 e. The van der Waals surface area contributed by atoms with Gasteiger partial charge in [0.05, 0.1) is 13.2 Å². The van der Waals surface area contributed by atoms with Gasteiger partial charge >= 0.3 is 0 Å². The second kappa shape index (κ2) is 9.63. The van der Waals surface area contributed by atoms with Crippen molar-refractivity contribution >= 4 is 15.9 Å². The van der Waals surface area contributed by atoms with Crippen molar-refractivity contribution in [3.8, 4) is 17.6 Å². The number of nitrogens with zero attached hydrogens (tertiary/aromatic N) is 2. The number of benzene rings is 1. The third kappa shape index (κ3) is 6.07. The standard InChI is InChI=1S/C24H34N2O6S/c1-16-13-26(17(2)15-27)33(30,31)22-9-6-18(10-11-24(3,4)29)12-20(22)32-21(16)14-25(5)23(28)19-7-8-19/h6,9,12,16-17,19,21,27,29H,7-8,13-15H2,1-5H3/t16-,17-,21+/m0/s1. The highest BCUT2D eigenvalue weighted by atomic mass is 32.2.